The molecule has 0 bridgehead atoms. The van der Waals surface area contributed by atoms with Crippen molar-refractivity contribution in [1.82, 2.24) is 10.6 Å². The van der Waals surface area contributed by atoms with E-state index in [-0.39, 0.29) is 12.3 Å². The normalized spacial score (nSPS) is 10.6. The highest BCUT2D eigenvalue weighted by Gasteiger charge is 2.16. The van der Waals surface area contributed by atoms with Crippen LogP contribution in [0, 0.1) is 0 Å². The van der Waals surface area contributed by atoms with Crippen LogP contribution in [-0.2, 0) is 11.2 Å². The molecule has 1 aromatic heterocycles. The van der Waals surface area contributed by atoms with Gasteiger partial charge in [-0.3, -0.25) is 15.2 Å². The highest BCUT2D eigenvalue weighted by Crippen LogP contribution is 2.23. The number of nitrogens with zero attached hydrogens (tertiary/aromatic N) is 2. The van der Waals surface area contributed by atoms with E-state index in [1.807, 2.05) is 84.9 Å². The minimum absolute atomic E-state index is 0.132. The zero-order valence-electron chi connectivity index (χ0n) is 14.0. The highest BCUT2D eigenvalue weighted by molar-refractivity contribution is 5.87. The van der Waals surface area contributed by atoms with Gasteiger partial charge in [0.1, 0.15) is 5.69 Å². The Balaban J connectivity index is 1.58. The Kier molecular flexibility index (Phi) is 4.35. The number of para-hydroxylation sites is 3. The van der Waals surface area contributed by atoms with Gasteiger partial charge in [-0.05, 0) is 36.4 Å². The Hall–Kier alpha value is -3.60. The topological polar surface area (TPSA) is 58.4 Å². The third kappa shape index (κ3) is 3.28. The van der Waals surface area contributed by atoms with E-state index in [1.165, 1.54) is 0 Å². The Morgan fingerprint density at radius 3 is 2.08 bits per heavy atom. The quantitative estimate of drug-likeness (QED) is 0.551. The molecule has 4 aromatic rings. The van der Waals surface area contributed by atoms with Crippen LogP contribution in [0.25, 0.3) is 11.0 Å². The summed E-state index contributed by atoms with van der Waals surface area (Å²) in [6.45, 7) is 0. The van der Waals surface area contributed by atoms with Crippen molar-refractivity contribution in [3.05, 3.63) is 90.6 Å². The fourth-order valence-electron chi connectivity index (χ4n) is 2.81. The average Bonchev–Trinajstić information content (AvgIpc) is 3.10. The molecule has 0 fully saturated rings. The van der Waals surface area contributed by atoms with Crippen LogP contribution < -0.4 is 10.4 Å². The van der Waals surface area contributed by atoms with Crippen LogP contribution in [0.4, 0.5) is 11.4 Å². The van der Waals surface area contributed by atoms with Crippen molar-refractivity contribution in [2.75, 3.05) is 5.01 Å². The summed E-state index contributed by atoms with van der Waals surface area (Å²) in [5.74, 6) is -0.170. The molecule has 0 spiro atoms. The number of fused-ring (bicyclic) bond motifs is 1. The van der Waals surface area contributed by atoms with Gasteiger partial charge in [0.2, 0.25) is 5.91 Å². The number of benzene rings is 3. The molecule has 1 amide bonds. The summed E-state index contributed by atoms with van der Waals surface area (Å²) in [7, 11) is 0. The maximum atomic E-state index is 12.7. The van der Waals surface area contributed by atoms with Gasteiger partial charge >= 0.3 is 0 Å². The standard InChI is InChI=1S/C21H17N3O2/c25-21(15-19-18-13-7-8-14-20(18)26-23-19)22-24(16-9-3-1-4-10-16)17-11-5-2-6-12-17/h1-14H,15H2,(H,22,25). The fourth-order valence-corrected chi connectivity index (χ4v) is 2.81. The van der Waals surface area contributed by atoms with Crippen LogP contribution in [0.5, 0.6) is 0 Å². The molecule has 4 rings (SSSR count). The van der Waals surface area contributed by atoms with Crippen molar-refractivity contribution in [2.45, 2.75) is 6.42 Å². The van der Waals surface area contributed by atoms with E-state index in [1.54, 1.807) is 5.01 Å². The third-order valence-electron chi connectivity index (χ3n) is 4.05. The van der Waals surface area contributed by atoms with Crippen LogP contribution in [0.1, 0.15) is 5.69 Å². The van der Waals surface area contributed by atoms with E-state index in [0.717, 1.165) is 16.8 Å². The summed E-state index contributed by atoms with van der Waals surface area (Å²) in [5.41, 5.74) is 6.01. The maximum absolute atomic E-state index is 12.7. The van der Waals surface area contributed by atoms with Crippen LogP contribution >= 0.6 is 0 Å². The summed E-state index contributed by atoms with van der Waals surface area (Å²) in [5, 5.41) is 6.66. The van der Waals surface area contributed by atoms with Crippen molar-refractivity contribution in [3.63, 3.8) is 0 Å². The maximum Gasteiger partial charge on any atom is 0.244 e. The molecule has 128 valence electrons. The van der Waals surface area contributed by atoms with Crippen molar-refractivity contribution < 1.29 is 9.32 Å². The van der Waals surface area contributed by atoms with Crippen LogP contribution in [0.3, 0.4) is 0 Å². The lowest BCUT2D eigenvalue weighted by Gasteiger charge is -2.25. The highest BCUT2D eigenvalue weighted by atomic mass is 16.5. The third-order valence-corrected chi connectivity index (χ3v) is 4.05. The van der Waals surface area contributed by atoms with E-state index in [2.05, 4.69) is 10.6 Å². The molecule has 0 aliphatic heterocycles. The van der Waals surface area contributed by atoms with E-state index < -0.39 is 0 Å². The minimum atomic E-state index is -0.170. The number of anilines is 2. The monoisotopic (exact) mass is 343 g/mol. The molecule has 26 heavy (non-hydrogen) atoms. The van der Waals surface area contributed by atoms with Crippen LogP contribution in [0.2, 0.25) is 0 Å². The number of aromatic nitrogens is 1. The number of hydrogen-bond acceptors (Lipinski definition) is 4. The molecule has 1 N–H and O–H groups in total. The molecule has 0 saturated heterocycles. The Labute approximate surface area is 150 Å². The van der Waals surface area contributed by atoms with Crippen LogP contribution in [-0.4, -0.2) is 11.1 Å². The summed E-state index contributed by atoms with van der Waals surface area (Å²) >= 11 is 0. The molecular weight excluding hydrogens is 326 g/mol. The lowest BCUT2D eigenvalue weighted by Crippen LogP contribution is -2.39. The zero-order valence-corrected chi connectivity index (χ0v) is 14.0. The molecule has 1 heterocycles. The fraction of sp³-hybridized carbons (Fsp3) is 0.0476. The second-order valence-corrected chi connectivity index (χ2v) is 5.84. The van der Waals surface area contributed by atoms with Crippen molar-refractivity contribution in [1.29, 1.82) is 0 Å². The Bertz CT molecular complexity index is 974. The van der Waals surface area contributed by atoms with Gasteiger partial charge < -0.3 is 4.52 Å². The number of amides is 1. The molecule has 0 aliphatic carbocycles. The van der Waals surface area contributed by atoms with E-state index in [0.29, 0.717) is 11.3 Å². The first-order valence-corrected chi connectivity index (χ1v) is 8.34. The predicted octanol–water partition coefficient (Wildman–Crippen LogP) is 4.24. The number of carbonyl (C=O) groups is 1. The largest absolute Gasteiger partial charge is 0.356 e. The molecule has 0 radical (unpaired) electrons. The first kappa shape index (κ1) is 15.9. The second-order valence-electron chi connectivity index (χ2n) is 5.84. The molecule has 0 aliphatic rings. The SMILES string of the molecule is O=C(Cc1noc2ccccc12)NN(c1ccccc1)c1ccccc1. The van der Waals surface area contributed by atoms with Gasteiger partial charge in [-0.2, -0.15) is 0 Å². The number of rotatable bonds is 5. The van der Waals surface area contributed by atoms with Gasteiger partial charge in [0.25, 0.3) is 0 Å². The first-order valence-electron chi connectivity index (χ1n) is 8.34. The zero-order chi connectivity index (χ0) is 17.8. The Morgan fingerprint density at radius 1 is 0.846 bits per heavy atom. The number of hydrazine groups is 1. The molecule has 0 unspecified atom stereocenters. The van der Waals surface area contributed by atoms with E-state index in [4.69, 9.17) is 4.52 Å². The van der Waals surface area contributed by atoms with Gasteiger partial charge in [-0.1, -0.05) is 53.7 Å². The summed E-state index contributed by atoms with van der Waals surface area (Å²) in [6.07, 6.45) is 0.132. The summed E-state index contributed by atoms with van der Waals surface area (Å²) in [6, 6.07) is 26.9. The van der Waals surface area contributed by atoms with E-state index >= 15 is 0 Å². The minimum Gasteiger partial charge on any atom is -0.356 e. The lowest BCUT2D eigenvalue weighted by atomic mass is 10.2. The molecular formula is C21H17N3O2. The number of carbonyl (C=O) groups excluding carboxylic acids is 1. The number of hydrogen-bond donors (Lipinski definition) is 1. The average molecular weight is 343 g/mol. The molecule has 3 aromatic carbocycles. The van der Waals surface area contributed by atoms with Gasteiger partial charge in [0.05, 0.1) is 17.8 Å². The van der Waals surface area contributed by atoms with Gasteiger partial charge in [0, 0.05) is 5.39 Å². The summed E-state index contributed by atoms with van der Waals surface area (Å²) in [4.78, 5) is 12.7. The summed E-state index contributed by atoms with van der Waals surface area (Å²) < 4.78 is 5.28. The van der Waals surface area contributed by atoms with Gasteiger partial charge in [-0.25, -0.2) is 0 Å². The van der Waals surface area contributed by atoms with Crippen molar-refractivity contribution in [2.24, 2.45) is 0 Å². The molecule has 5 heteroatoms. The first-order chi connectivity index (χ1) is 12.8. The van der Waals surface area contributed by atoms with Crippen molar-refractivity contribution >= 4 is 28.3 Å². The second kappa shape index (κ2) is 7.11. The molecule has 0 saturated carbocycles. The van der Waals surface area contributed by atoms with Crippen molar-refractivity contribution in [3.8, 4) is 0 Å². The lowest BCUT2D eigenvalue weighted by molar-refractivity contribution is -0.120. The predicted molar refractivity (Wildman–Crippen MR) is 101 cm³/mol. The Morgan fingerprint density at radius 2 is 1.42 bits per heavy atom. The van der Waals surface area contributed by atoms with Crippen LogP contribution in [0.15, 0.2) is 89.5 Å². The van der Waals surface area contributed by atoms with Gasteiger partial charge in [-0.15, -0.1) is 0 Å². The van der Waals surface area contributed by atoms with E-state index in [9.17, 15) is 4.79 Å². The smallest absolute Gasteiger partial charge is 0.244 e. The van der Waals surface area contributed by atoms with Gasteiger partial charge in [0.15, 0.2) is 5.58 Å². The molecule has 0 atom stereocenters. The number of nitrogens with one attached hydrogen (secondary N) is 1. The molecule has 5 nitrogen and oxygen atoms in total.